The first-order valence-corrected chi connectivity index (χ1v) is 7.89. The largest absolute Gasteiger partial charge is 0.468 e. The molecule has 0 saturated heterocycles. The fraction of sp³-hybridized carbons (Fsp3) is 0.143. The highest BCUT2D eigenvalue weighted by Crippen LogP contribution is 2.22. The molecule has 0 amide bonds. The van der Waals surface area contributed by atoms with Crippen LogP contribution < -0.4 is 10.5 Å². The molecule has 1 aromatic heterocycles. The number of nitrogens with one attached hydrogen (secondary N) is 1. The number of nitrogens with two attached hydrogens (primary N) is 1. The van der Waals surface area contributed by atoms with Crippen LogP contribution in [0.15, 0.2) is 45.9 Å². The molecule has 0 radical (unpaired) electrons. The highest BCUT2D eigenvalue weighted by molar-refractivity contribution is 7.89. The Labute approximate surface area is 128 Å². The Morgan fingerprint density at radius 1 is 1.33 bits per heavy atom. The van der Waals surface area contributed by atoms with E-state index in [0.717, 1.165) is 0 Å². The van der Waals surface area contributed by atoms with E-state index in [-0.39, 0.29) is 23.0 Å². The summed E-state index contributed by atoms with van der Waals surface area (Å²) in [4.78, 5) is -0.00554. The fourth-order valence-electron chi connectivity index (χ4n) is 1.61. The molecule has 0 unspecified atom stereocenters. The maximum atomic E-state index is 12.2. The molecule has 21 heavy (non-hydrogen) atoms. The summed E-state index contributed by atoms with van der Waals surface area (Å²) >= 11 is 6.01. The Morgan fingerprint density at radius 2 is 2.14 bits per heavy atom. The van der Waals surface area contributed by atoms with Gasteiger partial charge in [-0.1, -0.05) is 23.4 Å². The minimum absolute atomic E-state index is 0.00554. The molecule has 1 heterocycles. The van der Waals surface area contributed by atoms with Crippen LogP contribution in [-0.4, -0.2) is 15.0 Å². The molecule has 0 aliphatic heterocycles. The topological polar surface area (TPSA) is 85.3 Å². The average molecular weight is 325 g/mol. The quantitative estimate of drug-likeness (QED) is 0.839. The van der Waals surface area contributed by atoms with Crippen LogP contribution in [-0.2, 0) is 16.6 Å². The van der Waals surface area contributed by atoms with Gasteiger partial charge in [-0.3, -0.25) is 0 Å². The van der Waals surface area contributed by atoms with Crippen molar-refractivity contribution >= 4 is 21.6 Å². The number of hydrogen-bond acceptors (Lipinski definition) is 4. The SMILES string of the molecule is NCC#Cc1ccc(S(=O)(=O)NCc2ccco2)c(Cl)c1. The van der Waals surface area contributed by atoms with Crippen molar-refractivity contribution in [3.05, 3.63) is 52.9 Å². The zero-order valence-corrected chi connectivity index (χ0v) is 12.5. The van der Waals surface area contributed by atoms with Crippen LogP contribution in [0.3, 0.4) is 0 Å². The Kier molecular flexibility index (Phi) is 5.04. The van der Waals surface area contributed by atoms with E-state index < -0.39 is 10.0 Å². The maximum Gasteiger partial charge on any atom is 0.242 e. The van der Waals surface area contributed by atoms with E-state index in [4.69, 9.17) is 21.8 Å². The molecule has 1 aromatic carbocycles. The molecule has 0 spiro atoms. The molecule has 0 aliphatic rings. The van der Waals surface area contributed by atoms with Gasteiger partial charge < -0.3 is 10.2 Å². The molecule has 7 heteroatoms. The lowest BCUT2D eigenvalue weighted by Crippen LogP contribution is -2.23. The summed E-state index contributed by atoms with van der Waals surface area (Å²) in [5.74, 6) is 5.98. The number of furan rings is 1. The van der Waals surface area contributed by atoms with E-state index in [1.807, 2.05) is 0 Å². The van der Waals surface area contributed by atoms with Crippen molar-refractivity contribution in [2.45, 2.75) is 11.4 Å². The van der Waals surface area contributed by atoms with Crippen molar-refractivity contribution in [1.29, 1.82) is 0 Å². The third-order valence-corrected chi connectivity index (χ3v) is 4.46. The molecule has 3 N–H and O–H groups in total. The molecule has 110 valence electrons. The molecule has 2 aromatic rings. The molecule has 0 fully saturated rings. The number of rotatable bonds is 4. The van der Waals surface area contributed by atoms with Crippen LogP contribution in [0.5, 0.6) is 0 Å². The highest BCUT2D eigenvalue weighted by Gasteiger charge is 2.18. The van der Waals surface area contributed by atoms with Crippen LogP contribution in [0.4, 0.5) is 0 Å². The summed E-state index contributed by atoms with van der Waals surface area (Å²) in [5, 5.41) is 0.103. The molecular formula is C14H13ClN2O3S. The van der Waals surface area contributed by atoms with Gasteiger partial charge in [0.15, 0.2) is 0 Å². The standard InChI is InChI=1S/C14H13ClN2O3S/c15-13-9-11(3-1-7-16)5-6-14(13)21(18,19)17-10-12-4-2-8-20-12/h2,4-6,8-9,17H,7,10,16H2. The van der Waals surface area contributed by atoms with Crippen molar-refractivity contribution in [3.63, 3.8) is 0 Å². The first kappa shape index (κ1) is 15.6. The molecule has 2 rings (SSSR count). The lowest BCUT2D eigenvalue weighted by molar-refractivity contribution is 0.498. The molecule has 0 bridgehead atoms. The van der Waals surface area contributed by atoms with Gasteiger partial charge in [-0.2, -0.15) is 0 Å². The van der Waals surface area contributed by atoms with Crippen molar-refractivity contribution < 1.29 is 12.8 Å². The summed E-state index contributed by atoms with van der Waals surface area (Å²) in [6, 6.07) is 7.84. The number of benzene rings is 1. The second-order valence-electron chi connectivity index (χ2n) is 4.06. The fourth-order valence-corrected chi connectivity index (χ4v) is 3.14. The van der Waals surface area contributed by atoms with E-state index >= 15 is 0 Å². The zero-order valence-electron chi connectivity index (χ0n) is 11.0. The normalized spacial score (nSPS) is 11.0. The van der Waals surface area contributed by atoms with Gasteiger partial charge in [0.05, 0.1) is 24.4 Å². The smallest absolute Gasteiger partial charge is 0.242 e. The predicted octanol–water partition coefficient (Wildman–Crippen LogP) is 1.72. The lowest BCUT2D eigenvalue weighted by atomic mass is 10.2. The van der Waals surface area contributed by atoms with Crippen LogP contribution in [0.2, 0.25) is 5.02 Å². The first-order valence-electron chi connectivity index (χ1n) is 6.03. The van der Waals surface area contributed by atoms with E-state index in [1.54, 1.807) is 18.2 Å². The Morgan fingerprint density at radius 3 is 2.76 bits per heavy atom. The summed E-state index contributed by atoms with van der Waals surface area (Å²) in [6.07, 6.45) is 1.47. The van der Waals surface area contributed by atoms with Gasteiger partial charge in [0.1, 0.15) is 10.7 Å². The van der Waals surface area contributed by atoms with Gasteiger partial charge >= 0.3 is 0 Å². The summed E-state index contributed by atoms with van der Waals surface area (Å²) < 4.78 is 31.8. The molecular weight excluding hydrogens is 312 g/mol. The maximum absolute atomic E-state index is 12.2. The van der Waals surface area contributed by atoms with Gasteiger partial charge in [0.25, 0.3) is 0 Å². The van der Waals surface area contributed by atoms with Gasteiger partial charge in [-0.05, 0) is 30.3 Å². The van der Waals surface area contributed by atoms with Gasteiger partial charge in [0, 0.05) is 5.56 Å². The van der Waals surface area contributed by atoms with Crippen LogP contribution >= 0.6 is 11.6 Å². The van der Waals surface area contributed by atoms with Crippen LogP contribution in [0, 0.1) is 11.8 Å². The minimum atomic E-state index is -3.72. The van der Waals surface area contributed by atoms with Crippen LogP contribution in [0.1, 0.15) is 11.3 Å². The summed E-state index contributed by atoms with van der Waals surface area (Å²) in [5.41, 5.74) is 5.89. The summed E-state index contributed by atoms with van der Waals surface area (Å²) in [6.45, 7) is 0.281. The number of halogens is 1. The first-order chi connectivity index (χ1) is 10.0. The second kappa shape index (κ2) is 6.78. The van der Waals surface area contributed by atoms with Crippen molar-refractivity contribution in [2.24, 2.45) is 5.73 Å². The average Bonchev–Trinajstić information content (AvgIpc) is 2.96. The van der Waals surface area contributed by atoms with Crippen molar-refractivity contribution in [1.82, 2.24) is 4.72 Å². The third kappa shape index (κ3) is 4.09. The Hall–Kier alpha value is -1.78. The van der Waals surface area contributed by atoms with E-state index in [2.05, 4.69) is 16.6 Å². The molecule has 5 nitrogen and oxygen atoms in total. The van der Waals surface area contributed by atoms with Crippen LogP contribution in [0.25, 0.3) is 0 Å². The molecule has 0 saturated carbocycles. The van der Waals surface area contributed by atoms with E-state index in [9.17, 15) is 8.42 Å². The lowest BCUT2D eigenvalue weighted by Gasteiger charge is -2.07. The highest BCUT2D eigenvalue weighted by atomic mass is 35.5. The van der Waals surface area contributed by atoms with Crippen molar-refractivity contribution in [2.75, 3.05) is 6.54 Å². The zero-order chi connectivity index (χ0) is 15.3. The molecule has 0 atom stereocenters. The minimum Gasteiger partial charge on any atom is -0.468 e. The number of hydrogen-bond donors (Lipinski definition) is 2. The Bertz CT molecular complexity index is 774. The number of sulfonamides is 1. The van der Waals surface area contributed by atoms with E-state index in [1.165, 1.54) is 18.4 Å². The third-order valence-electron chi connectivity index (χ3n) is 2.57. The second-order valence-corrected chi connectivity index (χ2v) is 6.20. The van der Waals surface area contributed by atoms with Crippen molar-refractivity contribution in [3.8, 4) is 11.8 Å². The van der Waals surface area contributed by atoms with E-state index in [0.29, 0.717) is 11.3 Å². The Balaban J connectivity index is 2.19. The predicted molar refractivity (Wildman–Crippen MR) is 80.1 cm³/mol. The van der Waals surface area contributed by atoms with Gasteiger partial charge in [-0.15, -0.1) is 0 Å². The summed E-state index contributed by atoms with van der Waals surface area (Å²) in [7, 11) is -3.72. The van der Waals surface area contributed by atoms with Gasteiger partial charge in [0.2, 0.25) is 10.0 Å². The van der Waals surface area contributed by atoms with Gasteiger partial charge in [-0.25, -0.2) is 13.1 Å². The molecule has 0 aliphatic carbocycles. The monoisotopic (exact) mass is 324 g/mol.